The summed E-state index contributed by atoms with van der Waals surface area (Å²) in [6, 6.07) is 0. The van der Waals surface area contributed by atoms with Gasteiger partial charge in [0, 0.05) is 0 Å². The molecule has 1 heterocycles. The Bertz CT molecular complexity index is 207. The van der Waals surface area contributed by atoms with E-state index in [1.807, 2.05) is 0 Å². The van der Waals surface area contributed by atoms with Crippen LogP contribution in [0.5, 0.6) is 0 Å². The van der Waals surface area contributed by atoms with Gasteiger partial charge in [-0.25, -0.2) is 0 Å². The maximum atomic E-state index is 6.33. The number of rotatable bonds is 8. The van der Waals surface area contributed by atoms with Crippen LogP contribution in [-0.4, -0.2) is 18.3 Å². The molecule has 0 bridgehead atoms. The van der Waals surface area contributed by atoms with E-state index in [4.69, 9.17) is 9.31 Å². The predicted molar refractivity (Wildman–Crippen MR) is 78.9 cm³/mol. The summed E-state index contributed by atoms with van der Waals surface area (Å²) in [4.78, 5) is 0. The molecule has 0 aromatic heterocycles. The van der Waals surface area contributed by atoms with Crippen LogP contribution in [0.25, 0.3) is 0 Å². The summed E-state index contributed by atoms with van der Waals surface area (Å²) in [7, 11) is -0.0406. The molecule has 18 heavy (non-hydrogen) atoms. The highest BCUT2D eigenvalue weighted by Crippen LogP contribution is 2.49. The van der Waals surface area contributed by atoms with Gasteiger partial charge in [-0.2, -0.15) is 0 Å². The summed E-state index contributed by atoms with van der Waals surface area (Å²) in [6.07, 6.45) is 9.21. The van der Waals surface area contributed by atoms with Gasteiger partial charge in [0.25, 0.3) is 0 Å². The Morgan fingerprint density at radius 2 is 0.944 bits per heavy atom. The topological polar surface area (TPSA) is 18.5 Å². The SMILES string of the molecule is CCCC1(CCC)OB(C)OC1(CCC)CCC. The lowest BCUT2D eigenvalue weighted by molar-refractivity contribution is -0.0733. The second kappa shape index (κ2) is 6.95. The van der Waals surface area contributed by atoms with Crippen LogP contribution in [0.15, 0.2) is 0 Å². The summed E-state index contributed by atoms with van der Waals surface area (Å²) in [5.41, 5.74) is -0.0795. The van der Waals surface area contributed by atoms with Crippen molar-refractivity contribution in [2.75, 3.05) is 0 Å². The van der Waals surface area contributed by atoms with Crippen molar-refractivity contribution in [3.8, 4) is 0 Å². The Morgan fingerprint density at radius 3 is 1.17 bits per heavy atom. The third-order valence-corrected chi connectivity index (χ3v) is 4.23. The van der Waals surface area contributed by atoms with Crippen LogP contribution in [0.1, 0.15) is 79.1 Å². The van der Waals surface area contributed by atoms with E-state index < -0.39 is 0 Å². The van der Waals surface area contributed by atoms with Gasteiger partial charge in [0.2, 0.25) is 0 Å². The van der Waals surface area contributed by atoms with Crippen molar-refractivity contribution in [2.45, 2.75) is 97.1 Å². The third-order valence-electron chi connectivity index (χ3n) is 4.23. The molecule has 0 spiro atoms. The van der Waals surface area contributed by atoms with E-state index in [-0.39, 0.29) is 18.3 Å². The monoisotopic (exact) mass is 254 g/mol. The van der Waals surface area contributed by atoms with Gasteiger partial charge in [0.05, 0.1) is 11.2 Å². The predicted octanol–water partition coefficient (Wildman–Crippen LogP) is 4.83. The molecule has 0 radical (unpaired) electrons. The van der Waals surface area contributed by atoms with E-state index in [1.54, 1.807) is 0 Å². The quantitative estimate of drug-likeness (QED) is 0.577. The fourth-order valence-corrected chi connectivity index (χ4v) is 3.89. The molecule has 1 rings (SSSR count). The largest absolute Gasteiger partial charge is 0.454 e. The molecular weight excluding hydrogens is 223 g/mol. The minimum Gasteiger partial charge on any atom is -0.403 e. The van der Waals surface area contributed by atoms with Gasteiger partial charge in [-0.1, -0.05) is 53.4 Å². The molecule has 0 N–H and O–H groups in total. The molecule has 106 valence electrons. The fraction of sp³-hybridized carbons (Fsp3) is 1.00. The first-order valence-corrected chi connectivity index (χ1v) is 7.95. The zero-order valence-corrected chi connectivity index (χ0v) is 13.1. The van der Waals surface area contributed by atoms with Crippen molar-refractivity contribution in [1.82, 2.24) is 0 Å². The van der Waals surface area contributed by atoms with E-state index in [0.29, 0.717) is 0 Å². The van der Waals surface area contributed by atoms with Gasteiger partial charge in [-0.05, 0) is 32.5 Å². The van der Waals surface area contributed by atoms with Crippen molar-refractivity contribution in [3.63, 3.8) is 0 Å². The molecule has 1 aliphatic heterocycles. The summed E-state index contributed by atoms with van der Waals surface area (Å²) in [6.45, 7) is 11.1. The zero-order valence-electron chi connectivity index (χ0n) is 13.1. The van der Waals surface area contributed by atoms with E-state index in [1.165, 1.54) is 25.7 Å². The maximum Gasteiger partial charge on any atom is 0.454 e. The van der Waals surface area contributed by atoms with Crippen molar-refractivity contribution in [2.24, 2.45) is 0 Å². The molecule has 1 aliphatic rings. The van der Waals surface area contributed by atoms with E-state index >= 15 is 0 Å². The van der Waals surface area contributed by atoms with Gasteiger partial charge in [-0.3, -0.25) is 0 Å². The zero-order chi connectivity index (χ0) is 13.6. The highest BCUT2D eigenvalue weighted by molar-refractivity contribution is 6.43. The van der Waals surface area contributed by atoms with E-state index in [2.05, 4.69) is 34.5 Å². The van der Waals surface area contributed by atoms with Crippen LogP contribution in [-0.2, 0) is 9.31 Å². The van der Waals surface area contributed by atoms with Crippen LogP contribution < -0.4 is 0 Å². The van der Waals surface area contributed by atoms with Crippen LogP contribution in [0.4, 0.5) is 0 Å². The lowest BCUT2D eigenvalue weighted by Crippen LogP contribution is -2.51. The van der Waals surface area contributed by atoms with E-state index in [9.17, 15) is 0 Å². The molecular formula is C15H31BO2. The number of hydrogen-bond donors (Lipinski definition) is 0. The smallest absolute Gasteiger partial charge is 0.403 e. The normalized spacial score (nSPS) is 21.5. The second-order valence-electron chi connectivity index (χ2n) is 5.79. The van der Waals surface area contributed by atoms with Crippen LogP contribution in [0.3, 0.4) is 0 Å². The molecule has 1 fully saturated rings. The summed E-state index contributed by atoms with van der Waals surface area (Å²) in [5, 5.41) is 0. The van der Waals surface area contributed by atoms with Gasteiger partial charge in [-0.15, -0.1) is 0 Å². The minimum absolute atomic E-state index is 0.0397. The average Bonchev–Trinajstić information content (AvgIpc) is 2.53. The van der Waals surface area contributed by atoms with Crippen LogP contribution >= 0.6 is 0 Å². The van der Waals surface area contributed by atoms with Crippen molar-refractivity contribution < 1.29 is 9.31 Å². The van der Waals surface area contributed by atoms with Crippen molar-refractivity contribution in [1.29, 1.82) is 0 Å². The van der Waals surface area contributed by atoms with Gasteiger partial charge >= 0.3 is 7.12 Å². The van der Waals surface area contributed by atoms with Crippen LogP contribution in [0.2, 0.25) is 6.82 Å². The average molecular weight is 254 g/mol. The first kappa shape index (κ1) is 16.0. The maximum absolute atomic E-state index is 6.33. The molecule has 2 nitrogen and oxygen atoms in total. The fourth-order valence-electron chi connectivity index (χ4n) is 3.89. The third kappa shape index (κ3) is 2.93. The van der Waals surface area contributed by atoms with Gasteiger partial charge in [0.1, 0.15) is 0 Å². The Hall–Kier alpha value is -0.0151. The first-order chi connectivity index (χ1) is 8.59. The van der Waals surface area contributed by atoms with Crippen molar-refractivity contribution >= 4 is 7.12 Å². The lowest BCUT2D eigenvalue weighted by Gasteiger charge is -2.45. The molecule has 0 saturated carbocycles. The minimum atomic E-state index is -0.0406. The Morgan fingerprint density at radius 1 is 0.667 bits per heavy atom. The molecule has 0 aromatic carbocycles. The molecule has 3 heteroatoms. The van der Waals surface area contributed by atoms with Crippen LogP contribution in [0, 0.1) is 0 Å². The summed E-state index contributed by atoms with van der Waals surface area (Å²) < 4.78 is 12.7. The molecule has 0 unspecified atom stereocenters. The van der Waals surface area contributed by atoms with Crippen molar-refractivity contribution in [3.05, 3.63) is 0 Å². The summed E-state index contributed by atoms with van der Waals surface area (Å²) in [5.74, 6) is 0. The highest BCUT2D eigenvalue weighted by Gasteiger charge is 2.57. The standard InChI is InChI=1S/C15H31BO2/c1-6-10-14(11-7-2)15(12-8-3,13-9-4)18-16(5)17-14/h6-13H2,1-5H3. The van der Waals surface area contributed by atoms with Gasteiger partial charge < -0.3 is 9.31 Å². The summed E-state index contributed by atoms with van der Waals surface area (Å²) >= 11 is 0. The Labute approximate surface area is 114 Å². The highest BCUT2D eigenvalue weighted by atomic mass is 16.7. The number of hydrogen-bond acceptors (Lipinski definition) is 2. The first-order valence-electron chi connectivity index (χ1n) is 7.95. The lowest BCUT2D eigenvalue weighted by atomic mass is 9.72. The molecule has 1 saturated heterocycles. The Balaban J connectivity index is 3.05. The van der Waals surface area contributed by atoms with Gasteiger partial charge in [0.15, 0.2) is 0 Å². The molecule has 0 atom stereocenters. The Kier molecular flexibility index (Phi) is 6.20. The second-order valence-corrected chi connectivity index (χ2v) is 5.79. The molecule has 0 aromatic rings. The molecule has 0 amide bonds. The van der Waals surface area contributed by atoms with E-state index in [0.717, 1.165) is 25.7 Å². The molecule has 0 aliphatic carbocycles.